The number of rotatable bonds is 4. The first kappa shape index (κ1) is 13.6. The summed E-state index contributed by atoms with van der Waals surface area (Å²) in [7, 11) is 0. The first-order chi connectivity index (χ1) is 9.10. The largest absolute Gasteiger partial charge is 0.481 e. The lowest BCUT2D eigenvalue weighted by molar-refractivity contribution is -0.137. The number of nitrogens with one attached hydrogen (secondary N) is 1. The zero-order valence-electron chi connectivity index (χ0n) is 11.1. The summed E-state index contributed by atoms with van der Waals surface area (Å²) in [5.74, 6) is 0.436. The average Bonchev–Trinajstić information content (AvgIpc) is 2.38. The number of carbonyl (C=O) groups is 1. The van der Waals surface area contributed by atoms with Crippen molar-refractivity contribution in [3.63, 3.8) is 0 Å². The topological polar surface area (TPSA) is 86.3 Å². The van der Waals surface area contributed by atoms with Gasteiger partial charge in [-0.15, -0.1) is 0 Å². The molecule has 19 heavy (non-hydrogen) atoms. The highest BCUT2D eigenvalue weighted by Crippen LogP contribution is 2.24. The Bertz CT molecular complexity index is 512. The molecule has 1 aliphatic heterocycles. The summed E-state index contributed by atoms with van der Waals surface area (Å²) in [6, 6.07) is 1.39. The minimum atomic E-state index is -0.808. The van der Waals surface area contributed by atoms with Gasteiger partial charge in [0.05, 0.1) is 6.42 Å². The predicted molar refractivity (Wildman–Crippen MR) is 71.5 cm³/mol. The lowest BCUT2D eigenvalue weighted by Gasteiger charge is -2.35. The van der Waals surface area contributed by atoms with Crippen molar-refractivity contribution < 1.29 is 9.90 Å². The molecule has 0 bridgehead atoms. The number of carboxylic acids is 1. The normalized spacial score (nSPS) is 19.4. The molecule has 0 amide bonds. The second-order valence-electron chi connectivity index (χ2n) is 4.84. The van der Waals surface area contributed by atoms with Crippen LogP contribution in [0.5, 0.6) is 0 Å². The van der Waals surface area contributed by atoms with Crippen LogP contribution in [-0.4, -0.2) is 33.6 Å². The summed E-state index contributed by atoms with van der Waals surface area (Å²) >= 11 is 0. The summed E-state index contributed by atoms with van der Waals surface area (Å²) in [5.41, 5.74) is -0.179. The summed E-state index contributed by atoms with van der Waals surface area (Å²) < 4.78 is 0. The average molecular weight is 265 g/mol. The third-order valence-corrected chi connectivity index (χ3v) is 3.44. The van der Waals surface area contributed by atoms with Crippen molar-refractivity contribution in [2.24, 2.45) is 0 Å². The number of anilines is 1. The second kappa shape index (κ2) is 5.86. The van der Waals surface area contributed by atoms with E-state index in [1.807, 2.05) is 11.8 Å². The van der Waals surface area contributed by atoms with E-state index in [1.165, 1.54) is 6.07 Å². The molecule has 104 valence electrons. The molecule has 2 rings (SSSR count). The van der Waals surface area contributed by atoms with Crippen LogP contribution in [0.15, 0.2) is 10.9 Å². The van der Waals surface area contributed by atoms with Gasteiger partial charge < -0.3 is 15.0 Å². The van der Waals surface area contributed by atoms with Gasteiger partial charge in [0, 0.05) is 25.1 Å². The number of aromatic amines is 1. The van der Waals surface area contributed by atoms with Gasteiger partial charge in [-0.1, -0.05) is 6.92 Å². The number of piperidine rings is 1. The van der Waals surface area contributed by atoms with E-state index < -0.39 is 5.97 Å². The van der Waals surface area contributed by atoms with E-state index in [1.54, 1.807) is 0 Å². The van der Waals surface area contributed by atoms with Crippen LogP contribution < -0.4 is 10.5 Å². The molecule has 0 aromatic carbocycles. The highest BCUT2D eigenvalue weighted by molar-refractivity contribution is 5.68. The predicted octanol–water partition coefficient (Wildman–Crippen LogP) is 1.17. The van der Waals surface area contributed by atoms with Crippen LogP contribution in [0.1, 0.15) is 38.4 Å². The van der Waals surface area contributed by atoms with Crippen LogP contribution in [-0.2, 0) is 11.2 Å². The van der Waals surface area contributed by atoms with Crippen LogP contribution in [0.3, 0.4) is 0 Å². The molecule has 6 nitrogen and oxygen atoms in total. The van der Waals surface area contributed by atoms with Crippen molar-refractivity contribution in [1.82, 2.24) is 9.97 Å². The monoisotopic (exact) mass is 265 g/mol. The fourth-order valence-corrected chi connectivity index (χ4v) is 2.52. The van der Waals surface area contributed by atoms with Crippen LogP contribution in [0.25, 0.3) is 0 Å². The molecule has 0 saturated carbocycles. The maximum Gasteiger partial charge on any atom is 0.305 e. The second-order valence-corrected chi connectivity index (χ2v) is 4.84. The van der Waals surface area contributed by atoms with Crippen molar-refractivity contribution in [2.45, 2.75) is 45.1 Å². The Balaban J connectivity index is 2.28. The first-order valence-electron chi connectivity index (χ1n) is 6.69. The molecule has 1 fully saturated rings. The highest BCUT2D eigenvalue weighted by atomic mass is 16.4. The molecule has 0 aliphatic carbocycles. The Hall–Kier alpha value is -1.85. The molecule has 2 N–H and O–H groups in total. The molecule has 1 unspecified atom stereocenters. The van der Waals surface area contributed by atoms with E-state index in [2.05, 4.69) is 9.97 Å². The summed E-state index contributed by atoms with van der Waals surface area (Å²) in [4.78, 5) is 31.6. The standard InChI is InChI=1S/C13H19N3O3/c1-2-10-14-11(8-12(17)15-10)16-6-4-3-5-9(16)7-13(18)19/h8-9H,2-7H2,1H3,(H,18,19)(H,14,15,17). The maximum absolute atomic E-state index is 11.6. The lowest BCUT2D eigenvalue weighted by atomic mass is 9.99. The molecular weight excluding hydrogens is 246 g/mol. The van der Waals surface area contributed by atoms with Gasteiger partial charge in [0.2, 0.25) is 0 Å². The Morgan fingerprint density at radius 2 is 2.37 bits per heavy atom. The number of aromatic nitrogens is 2. The molecule has 1 aromatic rings. The summed E-state index contributed by atoms with van der Waals surface area (Å²) in [6.07, 6.45) is 3.61. The number of nitrogens with zero attached hydrogens (tertiary/aromatic N) is 2. The molecule has 1 saturated heterocycles. The van der Waals surface area contributed by atoms with Crippen molar-refractivity contribution in [3.05, 3.63) is 22.2 Å². The van der Waals surface area contributed by atoms with Crippen LogP contribution in [0, 0.1) is 0 Å². The molecule has 0 radical (unpaired) electrons. The van der Waals surface area contributed by atoms with E-state index in [0.29, 0.717) is 18.1 Å². The number of hydrogen-bond donors (Lipinski definition) is 2. The minimum Gasteiger partial charge on any atom is -0.481 e. The van der Waals surface area contributed by atoms with E-state index in [-0.39, 0.29) is 18.0 Å². The van der Waals surface area contributed by atoms with Gasteiger partial charge in [-0.2, -0.15) is 0 Å². The molecular formula is C13H19N3O3. The third kappa shape index (κ3) is 3.33. The van der Waals surface area contributed by atoms with E-state index in [4.69, 9.17) is 5.11 Å². The molecule has 1 aliphatic rings. The molecule has 6 heteroatoms. The van der Waals surface area contributed by atoms with Crippen LogP contribution >= 0.6 is 0 Å². The van der Waals surface area contributed by atoms with E-state index in [9.17, 15) is 9.59 Å². The van der Waals surface area contributed by atoms with Crippen LogP contribution in [0.2, 0.25) is 0 Å². The summed E-state index contributed by atoms with van der Waals surface area (Å²) in [6.45, 7) is 2.69. The molecule has 0 spiro atoms. The van der Waals surface area contributed by atoms with Gasteiger partial charge in [-0.05, 0) is 19.3 Å². The molecule has 1 atom stereocenters. The van der Waals surface area contributed by atoms with E-state index in [0.717, 1.165) is 25.8 Å². The van der Waals surface area contributed by atoms with Crippen LogP contribution in [0.4, 0.5) is 5.82 Å². The Morgan fingerprint density at radius 3 is 3.05 bits per heavy atom. The quantitative estimate of drug-likeness (QED) is 0.853. The SMILES string of the molecule is CCc1nc(N2CCCCC2CC(=O)O)cc(=O)[nH]1. The van der Waals surface area contributed by atoms with Crippen molar-refractivity contribution in [3.8, 4) is 0 Å². The van der Waals surface area contributed by atoms with Gasteiger partial charge in [-0.3, -0.25) is 9.59 Å². The van der Waals surface area contributed by atoms with Gasteiger partial charge in [0.25, 0.3) is 5.56 Å². The van der Waals surface area contributed by atoms with Crippen molar-refractivity contribution >= 4 is 11.8 Å². The number of hydrogen-bond acceptors (Lipinski definition) is 4. The fraction of sp³-hybridized carbons (Fsp3) is 0.615. The Morgan fingerprint density at radius 1 is 1.58 bits per heavy atom. The van der Waals surface area contributed by atoms with Crippen molar-refractivity contribution in [2.75, 3.05) is 11.4 Å². The highest BCUT2D eigenvalue weighted by Gasteiger charge is 2.26. The van der Waals surface area contributed by atoms with Gasteiger partial charge in [-0.25, -0.2) is 4.98 Å². The molecule has 1 aromatic heterocycles. The third-order valence-electron chi connectivity index (χ3n) is 3.44. The van der Waals surface area contributed by atoms with Gasteiger partial charge in [0.1, 0.15) is 11.6 Å². The minimum absolute atomic E-state index is 0.0646. The summed E-state index contributed by atoms with van der Waals surface area (Å²) in [5, 5.41) is 8.97. The Labute approximate surface area is 111 Å². The maximum atomic E-state index is 11.6. The Kier molecular flexibility index (Phi) is 4.19. The fourth-order valence-electron chi connectivity index (χ4n) is 2.52. The zero-order chi connectivity index (χ0) is 13.8. The van der Waals surface area contributed by atoms with Gasteiger partial charge in [0.15, 0.2) is 0 Å². The number of H-pyrrole nitrogens is 1. The number of aliphatic carboxylic acids is 1. The van der Waals surface area contributed by atoms with Gasteiger partial charge >= 0.3 is 5.97 Å². The lowest BCUT2D eigenvalue weighted by Crippen LogP contribution is -2.42. The van der Waals surface area contributed by atoms with Crippen molar-refractivity contribution in [1.29, 1.82) is 0 Å². The zero-order valence-corrected chi connectivity index (χ0v) is 11.1. The number of carboxylic acid groups (broad SMARTS) is 1. The number of aryl methyl sites for hydroxylation is 1. The molecule has 2 heterocycles. The first-order valence-corrected chi connectivity index (χ1v) is 6.69. The smallest absolute Gasteiger partial charge is 0.305 e. The van der Waals surface area contributed by atoms with E-state index >= 15 is 0 Å².